The van der Waals surface area contributed by atoms with E-state index in [0.717, 1.165) is 11.1 Å². The monoisotopic (exact) mass is 430 g/mol. The second-order valence-electron chi connectivity index (χ2n) is 8.58. The summed E-state index contributed by atoms with van der Waals surface area (Å²) in [6.45, 7) is 5.58. The third-order valence-corrected chi connectivity index (χ3v) is 4.98. The summed E-state index contributed by atoms with van der Waals surface area (Å²) < 4.78 is 11.7. The fourth-order valence-electron chi connectivity index (χ4n) is 3.64. The normalized spacial score (nSPS) is 19.8. The number of carbonyl (C=O) groups is 1. The van der Waals surface area contributed by atoms with Gasteiger partial charge in [0.15, 0.2) is 0 Å². The lowest BCUT2D eigenvalue weighted by Crippen LogP contribution is -2.48. The average Bonchev–Trinajstić information content (AvgIpc) is 3.16. The Morgan fingerprint density at radius 2 is 1.87 bits per heavy atom. The molecule has 0 aliphatic carbocycles. The van der Waals surface area contributed by atoms with Crippen LogP contribution < -0.4 is 10.2 Å². The van der Waals surface area contributed by atoms with E-state index in [2.05, 4.69) is 10.5 Å². The number of aliphatic hydroxyl groups excluding tert-OH is 1. The minimum atomic E-state index is -0.982. The van der Waals surface area contributed by atoms with Crippen LogP contribution in [0.2, 0.25) is 0 Å². The number of hydroxylamine groups is 1. The molecule has 1 amide bonds. The molecule has 1 aliphatic heterocycles. The zero-order valence-corrected chi connectivity index (χ0v) is 18.0. The predicted molar refractivity (Wildman–Crippen MR) is 115 cm³/mol. The second kappa shape index (κ2) is 10.1. The Hall–Kier alpha value is -2.65. The van der Waals surface area contributed by atoms with Crippen LogP contribution in [-0.4, -0.2) is 58.3 Å². The lowest BCUT2D eigenvalue weighted by molar-refractivity contribution is -0.294. The first kappa shape index (κ1) is 23.0. The molecule has 2 aromatic rings. The van der Waals surface area contributed by atoms with Crippen molar-refractivity contribution in [3.05, 3.63) is 54.6 Å². The van der Waals surface area contributed by atoms with Gasteiger partial charge in [-0.1, -0.05) is 42.5 Å². The molecule has 168 valence electrons. The first-order valence-corrected chi connectivity index (χ1v) is 10.3. The summed E-state index contributed by atoms with van der Waals surface area (Å²) in [5.74, 6) is 0.683. The van der Waals surface area contributed by atoms with E-state index in [1.807, 2.05) is 54.6 Å². The van der Waals surface area contributed by atoms with Crippen molar-refractivity contribution in [2.24, 2.45) is 0 Å². The number of nitrogens with zero attached hydrogens (tertiary/aromatic N) is 1. The Labute approximate surface area is 182 Å². The lowest BCUT2D eigenvalue weighted by atomic mass is 10.1. The molecule has 1 aliphatic rings. The van der Waals surface area contributed by atoms with Crippen LogP contribution in [0.4, 0.5) is 4.79 Å². The Bertz CT molecular complexity index is 855. The van der Waals surface area contributed by atoms with Crippen LogP contribution >= 0.6 is 0 Å². The lowest BCUT2D eigenvalue weighted by Gasteiger charge is -2.30. The van der Waals surface area contributed by atoms with E-state index in [4.69, 9.17) is 14.7 Å². The molecule has 8 nitrogen and oxygen atoms in total. The summed E-state index contributed by atoms with van der Waals surface area (Å²) in [6.07, 6.45) is -1.42. The van der Waals surface area contributed by atoms with Gasteiger partial charge in [-0.2, -0.15) is 5.48 Å². The Morgan fingerprint density at radius 1 is 1.16 bits per heavy atom. The summed E-state index contributed by atoms with van der Waals surface area (Å²) in [5, 5.41) is 19.0. The highest BCUT2D eigenvalue weighted by molar-refractivity contribution is 5.69. The van der Waals surface area contributed by atoms with Gasteiger partial charge in [-0.05, 0) is 44.0 Å². The highest BCUT2D eigenvalue weighted by atomic mass is 17.2. The summed E-state index contributed by atoms with van der Waals surface area (Å²) >= 11 is 0. The van der Waals surface area contributed by atoms with Crippen molar-refractivity contribution in [1.82, 2.24) is 10.4 Å². The van der Waals surface area contributed by atoms with Crippen LogP contribution in [0.25, 0.3) is 11.1 Å². The van der Waals surface area contributed by atoms with Gasteiger partial charge in [-0.3, -0.25) is 4.90 Å². The topological polar surface area (TPSA) is 100 Å². The molecule has 3 rings (SSSR count). The molecule has 3 atom stereocenters. The third kappa shape index (κ3) is 6.41. The summed E-state index contributed by atoms with van der Waals surface area (Å²) in [7, 11) is 0. The zero-order valence-electron chi connectivity index (χ0n) is 18.0. The maximum absolute atomic E-state index is 12.7. The highest BCUT2D eigenvalue weighted by Gasteiger charge is 2.42. The molecule has 31 heavy (non-hydrogen) atoms. The van der Waals surface area contributed by atoms with E-state index in [1.54, 1.807) is 20.8 Å². The quantitative estimate of drug-likeness (QED) is 0.457. The van der Waals surface area contributed by atoms with Gasteiger partial charge in [-0.25, -0.2) is 10.1 Å². The number of rotatable bonds is 7. The van der Waals surface area contributed by atoms with E-state index in [9.17, 15) is 9.90 Å². The van der Waals surface area contributed by atoms with Gasteiger partial charge in [-0.15, -0.1) is 4.99 Å². The van der Waals surface area contributed by atoms with E-state index in [-0.39, 0.29) is 19.2 Å². The van der Waals surface area contributed by atoms with Gasteiger partial charge in [0.25, 0.3) is 0 Å². The number of aliphatic hydroxyl groups is 1. The van der Waals surface area contributed by atoms with E-state index >= 15 is 0 Å². The number of nitrogens with one attached hydrogen (secondary N) is 1. The van der Waals surface area contributed by atoms with Crippen LogP contribution in [0.15, 0.2) is 54.6 Å². The van der Waals surface area contributed by atoms with Crippen molar-refractivity contribution in [2.45, 2.75) is 51.0 Å². The zero-order chi connectivity index (χ0) is 22.4. The van der Waals surface area contributed by atoms with Gasteiger partial charge in [0, 0.05) is 6.42 Å². The number of benzene rings is 2. The molecule has 1 unspecified atom stereocenters. The Morgan fingerprint density at radius 3 is 2.55 bits per heavy atom. The van der Waals surface area contributed by atoms with Crippen molar-refractivity contribution in [2.75, 3.05) is 13.1 Å². The third-order valence-electron chi connectivity index (χ3n) is 4.98. The number of ether oxygens (including phenoxy) is 2. The van der Waals surface area contributed by atoms with Gasteiger partial charge in [0.1, 0.15) is 17.5 Å². The number of hydrogen-bond acceptors (Lipinski definition) is 7. The average molecular weight is 431 g/mol. The highest BCUT2D eigenvalue weighted by Crippen LogP contribution is 2.29. The molecule has 0 spiro atoms. The molecule has 0 radical (unpaired) electrons. The van der Waals surface area contributed by atoms with Crippen molar-refractivity contribution >= 4 is 6.09 Å². The molecule has 0 aromatic heterocycles. The standard InChI is InChI=1S/C23H30N2O6/c1-23(2,3)30-22(27)25-15-19(13-20(25)21(26)14-24-31-28)29-18-11-7-10-17(12-18)16-8-5-4-6-9-16/h4-12,19-21,24,26,28H,13-15H2,1-3H3/t19-,20+,21?/m1/s1. The second-order valence-corrected chi connectivity index (χ2v) is 8.58. The maximum atomic E-state index is 12.7. The molecule has 1 heterocycles. The maximum Gasteiger partial charge on any atom is 0.410 e. The Balaban J connectivity index is 1.74. The molecule has 2 aromatic carbocycles. The summed E-state index contributed by atoms with van der Waals surface area (Å²) in [6, 6.07) is 17.2. The van der Waals surface area contributed by atoms with Crippen LogP contribution in [-0.2, 0) is 9.73 Å². The minimum Gasteiger partial charge on any atom is -0.488 e. The van der Waals surface area contributed by atoms with Gasteiger partial charge >= 0.3 is 6.09 Å². The first-order valence-electron chi connectivity index (χ1n) is 10.3. The smallest absolute Gasteiger partial charge is 0.410 e. The number of hydrogen-bond donors (Lipinski definition) is 3. The van der Waals surface area contributed by atoms with Gasteiger partial charge < -0.3 is 14.6 Å². The van der Waals surface area contributed by atoms with Crippen molar-refractivity contribution in [3.63, 3.8) is 0 Å². The molecular weight excluding hydrogens is 400 g/mol. The number of carbonyl (C=O) groups excluding carboxylic acids is 1. The van der Waals surface area contributed by atoms with Crippen LogP contribution in [0.3, 0.4) is 0 Å². The number of likely N-dealkylation sites (tertiary alicyclic amines) is 1. The molecule has 8 heteroatoms. The van der Waals surface area contributed by atoms with Crippen molar-refractivity contribution in [3.8, 4) is 16.9 Å². The van der Waals surface area contributed by atoms with Crippen LogP contribution in [0.1, 0.15) is 27.2 Å². The van der Waals surface area contributed by atoms with Crippen LogP contribution in [0, 0.1) is 0 Å². The van der Waals surface area contributed by atoms with E-state index < -0.39 is 23.8 Å². The van der Waals surface area contributed by atoms with Crippen LogP contribution in [0.5, 0.6) is 5.75 Å². The minimum absolute atomic E-state index is 0.0589. The first-order chi connectivity index (χ1) is 14.8. The molecule has 0 saturated carbocycles. The van der Waals surface area contributed by atoms with Gasteiger partial charge in [0.05, 0.1) is 25.2 Å². The Kier molecular flexibility index (Phi) is 7.50. The number of amides is 1. The van der Waals surface area contributed by atoms with E-state index in [1.165, 1.54) is 4.90 Å². The van der Waals surface area contributed by atoms with Gasteiger partial charge in [0.2, 0.25) is 0 Å². The fourth-order valence-corrected chi connectivity index (χ4v) is 3.64. The molecule has 1 saturated heterocycles. The molecular formula is C23H30N2O6. The summed E-state index contributed by atoms with van der Waals surface area (Å²) in [4.78, 5) is 18.0. The molecule has 1 fully saturated rings. The fraction of sp³-hybridized carbons (Fsp3) is 0.435. The van der Waals surface area contributed by atoms with Crippen molar-refractivity contribution in [1.29, 1.82) is 0 Å². The van der Waals surface area contributed by atoms with Crippen molar-refractivity contribution < 1.29 is 29.6 Å². The SMILES string of the molecule is CC(C)(C)OC(=O)N1C[C@H](Oc2cccc(-c3ccccc3)c2)C[C@H]1C(O)CNOO. The summed E-state index contributed by atoms with van der Waals surface area (Å²) in [5.41, 5.74) is 3.65. The van der Waals surface area contributed by atoms with E-state index in [0.29, 0.717) is 12.2 Å². The molecule has 0 bridgehead atoms. The predicted octanol–water partition coefficient (Wildman–Crippen LogP) is 3.47. The largest absolute Gasteiger partial charge is 0.488 e. The molecule has 3 N–H and O–H groups in total.